The molecule has 2 saturated carbocycles. The van der Waals surface area contributed by atoms with Gasteiger partial charge in [0.2, 0.25) is 0 Å². The number of halogens is 7. The Hall–Kier alpha value is -3.23. The fourth-order valence-electron chi connectivity index (χ4n) is 5.13. The van der Waals surface area contributed by atoms with Crippen LogP contribution >= 0.6 is 24.0 Å². The highest BCUT2D eigenvalue weighted by atomic mass is 35.5. The van der Waals surface area contributed by atoms with Crippen LogP contribution in [-0.2, 0) is 13.2 Å². The third-order valence-electron chi connectivity index (χ3n) is 7.44. The number of nitrogens with one attached hydrogen (secondary N) is 3. The number of amides is 2. The van der Waals surface area contributed by atoms with E-state index in [-0.39, 0.29) is 52.1 Å². The molecule has 0 radical (unpaired) electrons. The van der Waals surface area contributed by atoms with E-state index in [0.717, 1.165) is 30.1 Å². The van der Waals surface area contributed by atoms with Crippen molar-refractivity contribution in [2.75, 3.05) is 18.4 Å². The monoisotopic (exact) mass is 605 g/mol. The molecule has 2 aromatic heterocycles. The van der Waals surface area contributed by atoms with E-state index in [9.17, 15) is 31.5 Å². The van der Waals surface area contributed by atoms with Crippen LogP contribution in [0.2, 0.25) is 5.02 Å². The molecule has 214 valence electrons. The molecular formula is C24H22Cl2F5N7O2. The van der Waals surface area contributed by atoms with E-state index >= 15 is 0 Å². The highest BCUT2D eigenvalue weighted by molar-refractivity contribution is 6.34. The maximum Gasteiger partial charge on any atom is 0.435 e. The van der Waals surface area contributed by atoms with Crippen LogP contribution in [0.15, 0.2) is 30.6 Å². The number of rotatable bonds is 6. The van der Waals surface area contributed by atoms with E-state index in [1.165, 1.54) is 25.2 Å². The molecule has 16 heteroatoms. The molecule has 3 fully saturated rings. The van der Waals surface area contributed by atoms with E-state index in [0.29, 0.717) is 16.5 Å². The zero-order chi connectivity index (χ0) is 27.9. The standard InChI is InChI=1S/C24H21ClF5N7O2.ClH/c1-36-16(14-9-37(17-5-23(17,26)27)35-19(14)24(28,29)30)8-32-20(36)22(39)33-10-2-3-11(15(25)4-10)21(38)34-18-12-6-31-7-13(12)18;/h2-4,8-9,12-13,17-18,31H,5-7H2,1H3,(H,33,39)(H,34,38);1H/t12-,13+,17-,18?;/m0./s1. The summed E-state index contributed by atoms with van der Waals surface area (Å²) < 4.78 is 69.6. The Morgan fingerprint density at radius 2 is 1.85 bits per heavy atom. The van der Waals surface area contributed by atoms with E-state index < -0.39 is 41.7 Å². The molecule has 9 nitrogen and oxygen atoms in total. The Labute approximate surface area is 234 Å². The first-order valence-electron chi connectivity index (χ1n) is 12.0. The second kappa shape index (κ2) is 9.70. The normalized spacial score (nSPS) is 24.2. The summed E-state index contributed by atoms with van der Waals surface area (Å²) in [6.45, 7) is 1.72. The summed E-state index contributed by atoms with van der Waals surface area (Å²) in [5.74, 6) is -3.61. The van der Waals surface area contributed by atoms with Gasteiger partial charge in [0.05, 0.1) is 28.0 Å². The molecule has 3 aliphatic rings. The lowest BCUT2D eigenvalue weighted by Crippen LogP contribution is -2.32. The van der Waals surface area contributed by atoms with Crippen LogP contribution in [0.4, 0.5) is 27.6 Å². The second-order valence-electron chi connectivity index (χ2n) is 10.0. The number of nitrogens with zero attached hydrogens (tertiary/aromatic N) is 4. The molecule has 3 heterocycles. The summed E-state index contributed by atoms with van der Waals surface area (Å²) in [5, 5.41) is 12.2. The quantitative estimate of drug-likeness (QED) is 0.366. The zero-order valence-corrected chi connectivity index (χ0v) is 22.2. The molecule has 40 heavy (non-hydrogen) atoms. The first kappa shape index (κ1) is 28.3. The molecule has 3 aromatic rings. The minimum absolute atomic E-state index is 0. The third kappa shape index (κ3) is 4.92. The number of fused-ring (bicyclic) bond motifs is 1. The van der Waals surface area contributed by atoms with Gasteiger partial charge in [-0.1, -0.05) is 11.6 Å². The summed E-state index contributed by atoms with van der Waals surface area (Å²) >= 11 is 6.29. The molecule has 2 aliphatic carbocycles. The van der Waals surface area contributed by atoms with Crippen molar-refractivity contribution in [1.82, 2.24) is 30.0 Å². The number of hydrogen-bond acceptors (Lipinski definition) is 5. The third-order valence-corrected chi connectivity index (χ3v) is 7.75. The lowest BCUT2D eigenvalue weighted by atomic mass is 10.2. The molecule has 1 saturated heterocycles. The summed E-state index contributed by atoms with van der Waals surface area (Å²) in [6.07, 6.45) is -3.59. The number of aromatic nitrogens is 4. The molecule has 0 spiro atoms. The Kier molecular flexibility index (Phi) is 6.86. The van der Waals surface area contributed by atoms with Gasteiger partial charge in [0.1, 0.15) is 6.04 Å². The first-order valence-corrected chi connectivity index (χ1v) is 12.4. The fraction of sp³-hybridized carbons (Fsp3) is 0.417. The number of hydrogen-bond donors (Lipinski definition) is 3. The van der Waals surface area contributed by atoms with Gasteiger partial charge in [-0.3, -0.25) is 14.3 Å². The lowest BCUT2D eigenvalue weighted by molar-refractivity contribution is -0.141. The Morgan fingerprint density at radius 1 is 1.18 bits per heavy atom. The zero-order valence-electron chi connectivity index (χ0n) is 20.6. The predicted octanol–water partition coefficient (Wildman–Crippen LogP) is 4.16. The van der Waals surface area contributed by atoms with Crippen LogP contribution in [0, 0.1) is 11.8 Å². The van der Waals surface area contributed by atoms with Gasteiger partial charge in [-0.05, 0) is 30.0 Å². The maximum atomic E-state index is 13.7. The highest BCUT2D eigenvalue weighted by Crippen LogP contribution is 2.53. The SMILES string of the molecule is Cl.Cn1c(-c2cn([C@H]3CC3(F)F)nc2C(F)(F)F)cnc1C(=O)Nc1ccc(C(=O)NC2[C@H]3CNC[C@@H]23)c(Cl)c1. The van der Waals surface area contributed by atoms with Gasteiger partial charge in [0, 0.05) is 44.5 Å². The lowest BCUT2D eigenvalue weighted by Gasteiger charge is -2.11. The highest BCUT2D eigenvalue weighted by Gasteiger charge is 2.59. The van der Waals surface area contributed by atoms with Gasteiger partial charge >= 0.3 is 6.18 Å². The van der Waals surface area contributed by atoms with Crippen LogP contribution in [0.3, 0.4) is 0 Å². The van der Waals surface area contributed by atoms with Gasteiger partial charge in [-0.15, -0.1) is 12.4 Å². The van der Waals surface area contributed by atoms with Crippen LogP contribution in [-0.4, -0.2) is 56.2 Å². The summed E-state index contributed by atoms with van der Waals surface area (Å²) in [4.78, 5) is 29.5. The number of benzene rings is 1. The average molecular weight is 606 g/mol. The van der Waals surface area contributed by atoms with Gasteiger partial charge < -0.3 is 20.5 Å². The van der Waals surface area contributed by atoms with E-state index in [1.807, 2.05) is 0 Å². The number of piperidine rings is 1. The van der Waals surface area contributed by atoms with Crippen molar-refractivity contribution in [2.45, 2.75) is 30.6 Å². The van der Waals surface area contributed by atoms with E-state index in [1.54, 1.807) is 0 Å². The van der Waals surface area contributed by atoms with Crippen LogP contribution < -0.4 is 16.0 Å². The molecule has 4 atom stereocenters. The van der Waals surface area contributed by atoms with Crippen LogP contribution in [0.1, 0.15) is 39.1 Å². The summed E-state index contributed by atoms with van der Waals surface area (Å²) in [7, 11) is 1.32. The summed E-state index contributed by atoms with van der Waals surface area (Å²) in [6, 6.07) is 2.97. The Bertz CT molecular complexity index is 1500. The molecule has 0 bridgehead atoms. The molecule has 1 aliphatic heterocycles. The Balaban J connectivity index is 0.00000323. The topological polar surface area (TPSA) is 106 Å². The van der Waals surface area contributed by atoms with Crippen molar-refractivity contribution in [3.8, 4) is 11.3 Å². The largest absolute Gasteiger partial charge is 0.435 e. The average Bonchev–Trinajstić information content (AvgIpc) is 3.38. The van der Waals surface area contributed by atoms with Gasteiger partial charge in [0.15, 0.2) is 11.5 Å². The fourth-order valence-corrected chi connectivity index (χ4v) is 5.40. The minimum atomic E-state index is -4.92. The van der Waals surface area contributed by atoms with Crippen LogP contribution in [0.25, 0.3) is 11.3 Å². The van der Waals surface area contributed by atoms with Crippen molar-refractivity contribution >= 4 is 41.5 Å². The molecular weight excluding hydrogens is 584 g/mol. The number of carbonyl (C=O) groups excluding carboxylic acids is 2. The van der Waals surface area contributed by atoms with Crippen molar-refractivity contribution in [2.24, 2.45) is 18.9 Å². The molecule has 6 rings (SSSR count). The van der Waals surface area contributed by atoms with Crippen LogP contribution in [0.5, 0.6) is 0 Å². The van der Waals surface area contributed by atoms with Crippen molar-refractivity contribution in [3.05, 3.63) is 52.7 Å². The molecule has 1 unspecified atom stereocenters. The van der Waals surface area contributed by atoms with Gasteiger partial charge in [-0.25, -0.2) is 13.8 Å². The second-order valence-corrected chi connectivity index (χ2v) is 10.4. The number of imidazole rings is 1. The Morgan fingerprint density at radius 3 is 2.45 bits per heavy atom. The van der Waals surface area contributed by atoms with E-state index in [2.05, 4.69) is 26.0 Å². The number of carbonyl (C=O) groups is 2. The van der Waals surface area contributed by atoms with Crippen molar-refractivity contribution in [3.63, 3.8) is 0 Å². The maximum absolute atomic E-state index is 13.7. The minimum Gasteiger partial charge on any atom is -0.349 e. The number of anilines is 1. The molecule has 1 aromatic carbocycles. The smallest absolute Gasteiger partial charge is 0.349 e. The summed E-state index contributed by atoms with van der Waals surface area (Å²) in [5.41, 5.74) is -1.49. The molecule has 3 N–H and O–H groups in total. The van der Waals surface area contributed by atoms with E-state index in [4.69, 9.17) is 11.6 Å². The number of alkyl halides is 5. The van der Waals surface area contributed by atoms with Crippen molar-refractivity contribution in [1.29, 1.82) is 0 Å². The predicted molar refractivity (Wildman–Crippen MR) is 136 cm³/mol. The van der Waals surface area contributed by atoms with Crippen molar-refractivity contribution < 1.29 is 31.5 Å². The first-order chi connectivity index (χ1) is 18.3. The van der Waals surface area contributed by atoms with Gasteiger partial charge in [-0.2, -0.15) is 18.3 Å². The molecule has 2 amide bonds. The van der Waals surface area contributed by atoms with Gasteiger partial charge in [0.25, 0.3) is 17.7 Å².